The Kier molecular flexibility index (Phi) is 6.54. The van der Waals surface area contributed by atoms with Gasteiger partial charge in [0.2, 0.25) is 0 Å². The smallest absolute Gasteiger partial charge is 0.255 e. The SMILES string of the molecule is CCC(NC(=O)c1cnc2c(cnn2CC)c1NC1CCCCC1)c1ccccc1C. The summed E-state index contributed by atoms with van der Waals surface area (Å²) in [6.45, 7) is 6.99. The van der Waals surface area contributed by atoms with Crippen LogP contribution in [0.15, 0.2) is 36.7 Å². The Labute approximate surface area is 184 Å². The molecule has 1 fully saturated rings. The van der Waals surface area contributed by atoms with Crippen molar-refractivity contribution in [3.63, 3.8) is 0 Å². The fourth-order valence-corrected chi connectivity index (χ4v) is 4.65. The van der Waals surface area contributed by atoms with Crippen LogP contribution in [-0.4, -0.2) is 26.7 Å². The number of nitrogens with one attached hydrogen (secondary N) is 2. The highest BCUT2D eigenvalue weighted by atomic mass is 16.1. The molecule has 0 spiro atoms. The van der Waals surface area contributed by atoms with E-state index in [2.05, 4.69) is 53.6 Å². The second-order valence-corrected chi connectivity index (χ2v) is 8.51. The van der Waals surface area contributed by atoms with Gasteiger partial charge in [-0.3, -0.25) is 4.79 Å². The van der Waals surface area contributed by atoms with Crippen molar-refractivity contribution in [1.29, 1.82) is 0 Å². The van der Waals surface area contributed by atoms with Crippen LogP contribution >= 0.6 is 0 Å². The van der Waals surface area contributed by atoms with Crippen molar-refractivity contribution in [2.24, 2.45) is 0 Å². The lowest BCUT2D eigenvalue weighted by Crippen LogP contribution is -2.31. The Hall–Kier alpha value is -2.89. The van der Waals surface area contributed by atoms with E-state index < -0.39 is 0 Å². The molecule has 1 saturated carbocycles. The van der Waals surface area contributed by atoms with Crippen molar-refractivity contribution >= 4 is 22.6 Å². The summed E-state index contributed by atoms with van der Waals surface area (Å²) in [6.07, 6.45) is 10.4. The van der Waals surface area contributed by atoms with Crippen LogP contribution in [0.5, 0.6) is 0 Å². The molecule has 2 aromatic heterocycles. The van der Waals surface area contributed by atoms with E-state index in [4.69, 9.17) is 0 Å². The number of aryl methyl sites for hydroxylation is 2. The number of nitrogens with zero attached hydrogens (tertiary/aromatic N) is 3. The molecule has 6 nitrogen and oxygen atoms in total. The topological polar surface area (TPSA) is 71.8 Å². The van der Waals surface area contributed by atoms with Crippen molar-refractivity contribution in [2.45, 2.75) is 77.9 Å². The molecule has 0 aliphatic heterocycles. The summed E-state index contributed by atoms with van der Waals surface area (Å²) in [6, 6.07) is 8.59. The lowest BCUT2D eigenvalue weighted by molar-refractivity contribution is 0.0936. The number of pyridine rings is 1. The molecule has 164 valence electrons. The van der Waals surface area contributed by atoms with Crippen molar-refractivity contribution in [3.05, 3.63) is 53.3 Å². The van der Waals surface area contributed by atoms with E-state index in [-0.39, 0.29) is 11.9 Å². The van der Waals surface area contributed by atoms with E-state index in [1.165, 1.54) is 24.8 Å². The number of carbonyl (C=O) groups excluding carboxylic acids is 1. The molecule has 1 unspecified atom stereocenters. The Balaban J connectivity index is 1.68. The van der Waals surface area contributed by atoms with Gasteiger partial charge in [-0.25, -0.2) is 9.67 Å². The monoisotopic (exact) mass is 419 g/mol. The maximum absolute atomic E-state index is 13.5. The minimum atomic E-state index is -0.0907. The largest absolute Gasteiger partial charge is 0.381 e. The summed E-state index contributed by atoms with van der Waals surface area (Å²) in [5.41, 5.74) is 4.64. The van der Waals surface area contributed by atoms with E-state index in [0.717, 1.165) is 48.1 Å². The van der Waals surface area contributed by atoms with Crippen LogP contribution in [0.2, 0.25) is 0 Å². The maximum Gasteiger partial charge on any atom is 0.255 e. The number of rotatable bonds is 7. The summed E-state index contributed by atoms with van der Waals surface area (Å²) in [5, 5.41) is 12.4. The maximum atomic E-state index is 13.5. The van der Waals surface area contributed by atoms with Gasteiger partial charge >= 0.3 is 0 Å². The van der Waals surface area contributed by atoms with Gasteiger partial charge in [0.15, 0.2) is 5.65 Å². The van der Waals surface area contributed by atoms with Crippen molar-refractivity contribution in [2.75, 3.05) is 5.32 Å². The molecule has 1 amide bonds. The second-order valence-electron chi connectivity index (χ2n) is 8.51. The highest BCUT2D eigenvalue weighted by Crippen LogP contribution is 2.30. The van der Waals surface area contributed by atoms with Crippen LogP contribution in [0, 0.1) is 6.92 Å². The van der Waals surface area contributed by atoms with Gasteiger partial charge in [-0.1, -0.05) is 50.5 Å². The Morgan fingerprint density at radius 2 is 1.94 bits per heavy atom. The van der Waals surface area contributed by atoms with Gasteiger partial charge in [0, 0.05) is 18.8 Å². The Bertz CT molecular complexity index is 1050. The second kappa shape index (κ2) is 9.50. The van der Waals surface area contributed by atoms with Gasteiger partial charge in [0.1, 0.15) is 0 Å². The summed E-state index contributed by atoms with van der Waals surface area (Å²) in [4.78, 5) is 18.1. The standard InChI is InChI=1S/C25H33N5O/c1-4-22(19-14-10-9-11-17(19)3)29-25(31)21-15-26-24-20(16-27-30(24)5-2)23(21)28-18-12-7-6-8-13-18/h9-11,14-16,18,22H,4-8,12-13H2,1-3H3,(H,26,28)(H,29,31). The first kappa shape index (κ1) is 21.3. The average Bonchev–Trinajstić information content (AvgIpc) is 3.22. The lowest BCUT2D eigenvalue weighted by atomic mass is 9.95. The van der Waals surface area contributed by atoms with Gasteiger partial charge < -0.3 is 10.6 Å². The van der Waals surface area contributed by atoms with Crippen LogP contribution in [-0.2, 0) is 6.54 Å². The molecule has 0 radical (unpaired) electrons. The molecule has 0 saturated heterocycles. The van der Waals surface area contributed by atoms with E-state index in [9.17, 15) is 4.79 Å². The molecule has 31 heavy (non-hydrogen) atoms. The van der Waals surface area contributed by atoms with Crippen LogP contribution in [0.25, 0.3) is 11.0 Å². The number of hydrogen-bond acceptors (Lipinski definition) is 4. The highest BCUT2D eigenvalue weighted by Gasteiger charge is 2.23. The van der Waals surface area contributed by atoms with Gasteiger partial charge in [-0.2, -0.15) is 5.10 Å². The van der Waals surface area contributed by atoms with Gasteiger partial charge in [0.25, 0.3) is 5.91 Å². The number of fused-ring (bicyclic) bond motifs is 1. The Morgan fingerprint density at radius 1 is 1.16 bits per heavy atom. The number of carbonyl (C=O) groups is 1. The quantitative estimate of drug-likeness (QED) is 0.539. The van der Waals surface area contributed by atoms with Crippen LogP contribution in [0.4, 0.5) is 5.69 Å². The first-order valence-electron chi connectivity index (χ1n) is 11.6. The van der Waals surface area contributed by atoms with Gasteiger partial charge in [-0.05, 0) is 44.2 Å². The predicted octanol–water partition coefficient (Wildman–Crippen LogP) is 5.39. The fourth-order valence-electron chi connectivity index (χ4n) is 4.65. The molecular weight excluding hydrogens is 386 g/mol. The summed E-state index contributed by atoms with van der Waals surface area (Å²) < 4.78 is 1.88. The fraction of sp³-hybridized carbons (Fsp3) is 0.480. The zero-order chi connectivity index (χ0) is 21.8. The molecular formula is C25H33N5O. The van der Waals surface area contributed by atoms with E-state index in [1.54, 1.807) is 6.20 Å². The zero-order valence-corrected chi connectivity index (χ0v) is 18.8. The zero-order valence-electron chi connectivity index (χ0n) is 18.8. The molecule has 4 rings (SSSR count). The minimum absolute atomic E-state index is 0.0368. The molecule has 1 aliphatic carbocycles. The molecule has 2 heterocycles. The molecule has 2 N–H and O–H groups in total. The number of amides is 1. The lowest BCUT2D eigenvalue weighted by Gasteiger charge is -2.26. The third-order valence-electron chi connectivity index (χ3n) is 6.44. The van der Waals surface area contributed by atoms with Crippen LogP contribution < -0.4 is 10.6 Å². The van der Waals surface area contributed by atoms with E-state index >= 15 is 0 Å². The molecule has 1 aliphatic rings. The number of aromatic nitrogens is 3. The number of anilines is 1. The van der Waals surface area contributed by atoms with Crippen LogP contribution in [0.3, 0.4) is 0 Å². The first-order valence-corrected chi connectivity index (χ1v) is 11.6. The molecule has 1 atom stereocenters. The first-order chi connectivity index (χ1) is 15.1. The number of benzene rings is 1. The Morgan fingerprint density at radius 3 is 2.65 bits per heavy atom. The summed E-state index contributed by atoms with van der Waals surface area (Å²) >= 11 is 0. The highest BCUT2D eigenvalue weighted by molar-refractivity contribution is 6.06. The van der Waals surface area contributed by atoms with Crippen molar-refractivity contribution in [1.82, 2.24) is 20.1 Å². The molecule has 1 aromatic carbocycles. The van der Waals surface area contributed by atoms with Gasteiger partial charge in [0.05, 0.1) is 28.9 Å². The van der Waals surface area contributed by atoms with Crippen molar-refractivity contribution < 1.29 is 4.79 Å². The third-order valence-corrected chi connectivity index (χ3v) is 6.44. The average molecular weight is 420 g/mol. The van der Waals surface area contributed by atoms with E-state index in [0.29, 0.717) is 11.6 Å². The summed E-state index contributed by atoms with van der Waals surface area (Å²) in [7, 11) is 0. The third kappa shape index (κ3) is 4.43. The summed E-state index contributed by atoms with van der Waals surface area (Å²) in [5.74, 6) is -0.0907. The van der Waals surface area contributed by atoms with Crippen LogP contribution in [0.1, 0.15) is 79.9 Å². The predicted molar refractivity (Wildman–Crippen MR) is 125 cm³/mol. The molecule has 6 heteroatoms. The van der Waals surface area contributed by atoms with Gasteiger partial charge in [-0.15, -0.1) is 0 Å². The normalized spacial score (nSPS) is 15.7. The minimum Gasteiger partial charge on any atom is -0.381 e. The number of hydrogen-bond donors (Lipinski definition) is 2. The van der Waals surface area contributed by atoms with E-state index in [1.807, 2.05) is 23.0 Å². The molecule has 0 bridgehead atoms. The van der Waals surface area contributed by atoms with Crippen molar-refractivity contribution in [3.8, 4) is 0 Å². The molecule has 3 aromatic rings.